The first-order valence-corrected chi connectivity index (χ1v) is 5.35. The maximum absolute atomic E-state index is 11.1. The van der Waals surface area contributed by atoms with Crippen molar-refractivity contribution in [3.05, 3.63) is 29.8 Å². The van der Waals surface area contributed by atoms with E-state index in [2.05, 4.69) is 4.74 Å². The number of carbonyl (C=O) groups is 2. The van der Waals surface area contributed by atoms with Gasteiger partial charge in [0, 0.05) is 6.42 Å². The number of hydrogen-bond donors (Lipinski definition) is 0. The quantitative estimate of drug-likeness (QED) is 0.731. The van der Waals surface area contributed by atoms with Crippen molar-refractivity contribution >= 4 is 11.8 Å². The molecule has 0 amide bonds. The van der Waals surface area contributed by atoms with Crippen LogP contribution in [0.3, 0.4) is 0 Å². The van der Waals surface area contributed by atoms with Gasteiger partial charge in [-0.05, 0) is 31.5 Å². The minimum atomic E-state index is -0.640. The van der Waals surface area contributed by atoms with Crippen molar-refractivity contribution < 1.29 is 19.1 Å². The topological polar surface area (TPSA) is 52.6 Å². The van der Waals surface area contributed by atoms with Crippen LogP contribution in [0.5, 0.6) is 5.75 Å². The number of ketones is 1. The van der Waals surface area contributed by atoms with Crippen LogP contribution >= 0.6 is 0 Å². The molecule has 1 aromatic rings. The SMILES string of the molecule is COC(=O)[C@@H](C)Oc1ccc(CC(C)=O)cc1. The van der Waals surface area contributed by atoms with Crippen molar-refractivity contribution in [3.8, 4) is 5.75 Å². The Hall–Kier alpha value is -1.84. The van der Waals surface area contributed by atoms with Crippen molar-refractivity contribution in [1.29, 1.82) is 0 Å². The second-order valence-corrected chi connectivity index (χ2v) is 3.81. The van der Waals surface area contributed by atoms with Gasteiger partial charge in [0.2, 0.25) is 0 Å². The molecule has 1 aromatic carbocycles. The lowest BCUT2D eigenvalue weighted by molar-refractivity contribution is -0.147. The predicted octanol–water partition coefficient (Wildman–Crippen LogP) is 1.76. The van der Waals surface area contributed by atoms with Gasteiger partial charge in [-0.15, -0.1) is 0 Å². The number of rotatable bonds is 5. The van der Waals surface area contributed by atoms with Gasteiger partial charge in [-0.1, -0.05) is 12.1 Å². The number of benzene rings is 1. The Kier molecular flexibility index (Phi) is 4.69. The molecule has 4 nitrogen and oxygen atoms in total. The zero-order valence-electron chi connectivity index (χ0n) is 10.2. The maximum atomic E-state index is 11.1. The molecule has 0 N–H and O–H groups in total. The summed E-state index contributed by atoms with van der Waals surface area (Å²) in [5.74, 6) is 0.273. The van der Waals surface area contributed by atoms with Gasteiger partial charge in [0.1, 0.15) is 11.5 Å². The Morgan fingerprint density at radius 1 is 1.24 bits per heavy atom. The Morgan fingerprint density at radius 3 is 2.29 bits per heavy atom. The third-order valence-electron chi connectivity index (χ3n) is 2.22. The van der Waals surface area contributed by atoms with Crippen LogP contribution in [0.4, 0.5) is 0 Å². The van der Waals surface area contributed by atoms with Crippen LogP contribution in [0.2, 0.25) is 0 Å². The van der Waals surface area contributed by atoms with E-state index in [0.717, 1.165) is 5.56 Å². The Bertz CT molecular complexity index is 394. The highest BCUT2D eigenvalue weighted by Crippen LogP contribution is 2.14. The number of Topliss-reactive ketones (excluding diaryl/α,β-unsaturated/α-hetero) is 1. The number of ether oxygens (including phenoxy) is 2. The summed E-state index contributed by atoms with van der Waals surface area (Å²) in [5.41, 5.74) is 0.926. The van der Waals surface area contributed by atoms with Crippen LogP contribution in [0.15, 0.2) is 24.3 Å². The first-order valence-electron chi connectivity index (χ1n) is 5.35. The molecule has 0 aliphatic rings. The van der Waals surface area contributed by atoms with Gasteiger partial charge in [-0.2, -0.15) is 0 Å². The second-order valence-electron chi connectivity index (χ2n) is 3.81. The molecule has 17 heavy (non-hydrogen) atoms. The molecule has 0 saturated heterocycles. The van der Waals surface area contributed by atoms with E-state index in [1.807, 2.05) is 0 Å². The van der Waals surface area contributed by atoms with Crippen LogP contribution in [0.25, 0.3) is 0 Å². The molecule has 0 fully saturated rings. The van der Waals surface area contributed by atoms with Crippen molar-refractivity contribution in [3.63, 3.8) is 0 Å². The standard InChI is InChI=1S/C13H16O4/c1-9(14)8-11-4-6-12(7-5-11)17-10(2)13(15)16-3/h4-7,10H,8H2,1-3H3/t10-/m1/s1. The molecule has 0 bridgehead atoms. The van der Waals surface area contributed by atoms with Crippen molar-refractivity contribution in [2.24, 2.45) is 0 Å². The van der Waals surface area contributed by atoms with Gasteiger partial charge in [0.25, 0.3) is 0 Å². The Morgan fingerprint density at radius 2 is 1.82 bits per heavy atom. The molecule has 0 saturated carbocycles. The normalized spacial score (nSPS) is 11.7. The van der Waals surface area contributed by atoms with Crippen molar-refractivity contribution in [1.82, 2.24) is 0 Å². The first kappa shape index (κ1) is 13.2. The van der Waals surface area contributed by atoms with E-state index >= 15 is 0 Å². The van der Waals surface area contributed by atoms with E-state index in [-0.39, 0.29) is 5.78 Å². The van der Waals surface area contributed by atoms with Gasteiger partial charge in [0.15, 0.2) is 6.10 Å². The van der Waals surface area contributed by atoms with E-state index in [1.54, 1.807) is 38.1 Å². The van der Waals surface area contributed by atoms with Crippen LogP contribution in [-0.2, 0) is 20.7 Å². The highest BCUT2D eigenvalue weighted by molar-refractivity contribution is 5.78. The van der Waals surface area contributed by atoms with Crippen molar-refractivity contribution in [2.45, 2.75) is 26.4 Å². The first-order chi connectivity index (χ1) is 8.02. The van der Waals surface area contributed by atoms with Gasteiger partial charge >= 0.3 is 5.97 Å². The highest BCUT2D eigenvalue weighted by atomic mass is 16.6. The third kappa shape index (κ3) is 4.26. The zero-order chi connectivity index (χ0) is 12.8. The van der Waals surface area contributed by atoms with Crippen molar-refractivity contribution in [2.75, 3.05) is 7.11 Å². The molecular formula is C13H16O4. The molecular weight excluding hydrogens is 220 g/mol. The average molecular weight is 236 g/mol. The fourth-order valence-electron chi connectivity index (χ4n) is 1.39. The number of methoxy groups -OCH3 is 1. The Balaban J connectivity index is 2.62. The number of esters is 1. The molecule has 0 aliphatic heterocycles. The molecule has 0 heterocycles. The summed E-state index contributed by atoms with van der Waals surface area (Å²) in [7, 11) is 1.32. The van der Waals surface area contributed by atoms with Gasteiger partial charge in [-0.25, -0.2) is 4.79 Å². The van der Waals surface area contributed by atoms with E-state index in [4.69, 9.17) is 4.74 Å². The molecule has 4 heteroatoms. The molecule has 0 radical (unpaired) electrons. The lowest BCUT2D eigenvalue weighted by atomic mass is 10.1. The molecule has 92 valence electrons. The summed E-state index contributed by atoms with van der Waals surface area (Å²) in [6.45, 7) is 3.17. The predicted molar refractivity (Wildman–Crippen MR) is 62.9 cm³/mol. The summed E-state index contributed by atoms with van der Waals surface area (Å²) in [6, 6.07) is 7.08. The van der Waals surface area contributed by atoms with E-state index < -0.39 is 12.1 Å². The molecule has 0 spiro atoms. The number of hydrogen-bond acceptors (Lipinski definition) is 4. The van der Waals surface area contributed by atoms with Crippen LogP contribution < -0.4 is 4.74 Å². The fourth-order valence-corrected chi connectivity index (χ4v) is 1.39. The fraction of sp³-hybridized carbons (Fsp3) is 0.385. The van der Waals surface area contributed by atoms with E-state index in [9.17, 15) is 9.59 Å². The number of carbonyl (C=O) groups excluding carboxylic acids is 2. The second kappa shape index (κ2) is 6.03. The summed E-state index contributed by atoms with van der Waals surface area (Å²) >= 11 is 0. The van der Waals surface area contributed by atoms with E-state index in [0.29, 0.717) is 12.2 Å². The molecule has 1 rings (SSSR count). The zero-order valence-corrected chi connectivity index (χ0v) is 10.2. The summed E-state index contributed by atoms with van der Waals surface area (Å²) in [4.78, 5) is 22.0. The lowest BCUT2D eigenvalue weighted by Crippen LogP contribution is -2.24. The van der Waals surface area contributed by atoms with Gasteiger partial charge in [-0.3, -0.25) is 4.79 Å². The summed E-state index contributed by atoms with van der Waals surface area (Å²) in [5, 5.41) is 0. The lowest BCUT2D eigenvalue weighted by Gasteiger charge is -2.12. The smallest absolute Gasteiger partial charge is 0.346 e. The minimum Gasteiger partial charge on any atom is -0.479 e. The van der Waals surface area contributed by atoms with Crippen LogP contribution in [0, 0.1) is 0 Å². The molecule has 0 aliphatic carbocycles. The van der Waals surface area contributed by atoms with Gasteiger partial charge in [0.05, 0.1) is 7.11 Å². The van der Waals surface area contributed by atoms with Crippen LogP contribution in [-0.4, -0.2) is 25.0 Å². The highest BCUT2D eigenvalue weighted by Gasteiger charge is 2.14. The Labute approximate surface area is 101 Å². The molecule has 1 atom stereocenters. The maximum Gasteiger partial charge on any atom is 0.346 e. The largest absolute Gasteiger partial charge is 0.479 e. The van der Waals surface area contributed by atoms with E-state index in [1.165, 1.54) is 7.11 Å². The summed E-state index contributed by atoms with van der Waals surface area (Å²) in [6.07, 6.45) is -0.231. The molecule has 0 unspecified atom stereocenters. The monoisotopic (exact) mass is 236 g/mol. The minimum absolute atomic E-state index is 0.113. The summed E-state index contributed by atoms with van der Waals surface area (Å²) < 4.78 is 9.92. The van der Waals surface area contributed by atoms with Gasteiger partial charge < -0.3 is 9.47 Å². The molecule has 0 aromatic heterocycles. The third-order valence-corrected chi connectivity index (χ3v) is 2.22. The average Bonchev–Trinajstić information content (AvgIpc) is 2.30. The van der Waals surface area contributed by atoms with Crippen LogP contribution in [0.1, 0.15) is 19.4 Å².